The van der Waals surface area contributed by atoms with E-state index in [1.165, 1.54) is 16.3 Å². The molecule has 0 bridgehead atoms. The predicted molar refractivity (Wildman–Crippen MR) is 71.1 cm³/mol. The third-order valence-corrected chi connectivity index (χ3v) is 3.00. The lowest BCUT2D eigenvalue weighted by Gasteiger charge is -2.09. The van der Waals surface area contributed by atoms with Crippen molar-refractivity contribution in [3.05, 3.63) is 48.0 Å². The molecule has 3 heteroatoms. The van der Waals surface area contributed by atoms with Crippen molar-refractivity contribution in [2.45, 2.75) is 6.54 Å². The van der Waals surface area contributed by atoms with Gasteiger partial charge in [0.25, 0.3) is 0 Å². The van der Waals surface area contributed by atoms with Crippen LogP contribution in [-0.2, 0) is 6.54 Å². The van der Waals surface area contributed by atoms with E-state index in [-0.39, 0.29) is 0 Å². The van der Waals surface area contributed by atoms with Crippen LogP contribution < -0.4 is 10.6 Å². The van der Waals surface area contributed by atoms with Gasteiger partial charge in [0.2, 0.25) is 0 Å². The summed E-state index contributed by atoms with van der Waals surface area (Å²) in [5.74, 6) is 0.915. The summed E-state index contributed by atoms with van der Waals surface area (Å²) in [5.41, 5.74) is 1.31. The molecule has 0 amide bonds. The van der Waals surface area contributed by atoms with Gasteiger partial charge >= 0.3 is 0 Å². The Morgan fingerprint density at radius 3 is 2.88 bits per heavy atom. The summed E-state index contributed by atoms with van der Waals surface area (Å²) in [6, 6.07) is 14.9. The van der Waals surface area contributed by atoms with Gasteiger partial charge in [0.15, 0.2) is 5.96 Å². The summed E-state index contributed by atoms with van der Waals surface area (Å²) in [4.78, 5) is 4.33. The van der Waals surface area contributed by atoms with Crippen LogP contribution in [0.2, 0.25) is 0 Å². The summed E-state index contributed by atoms with van der Waals surface area (Å²) in [6.45, 7) is 2.63. The minimum atomic E-state index is 0.813. The number of guanidine groups is 1. The first kappa shape index (κ1) is 10.1. The molecule has 0 aromatic heterocycles. The Kier molecular flexibility index (Phi) is 2.66. The number of aliphatic imine (C=N–C) groups is 1. The van der Waals surface area contributed by atoms with Gasteiger partial charge in [-0.1, -0.05) is 42.5 Å². The Bertz CT molecular complexity index is 555. The van der Waals surface area contributed by atoms with Crippen LogP contribution in [0, 0.1) is 0 Å². The maximum atomic E-state index is 4.33. The Morgan fingerprint density at radius 2 is 2.00 bits per heavy atom. The Hall–Kier alpha value is -2.03. The van der Waals surface area contributed by atoms with Crippen LogP contribution in [0.25, 0.3) is 10.8 Å². The Balaban J connectivity index is 1.84. The molecule has 0 aliphatic carbocycles. The van der Waals surface area contributed by atoms with Crippen LogP contribution in [0.4, 0.5) is 0 Å². The van der Waals surface area contributed by atoms with Crippen LogP contribution in [0.3, 0.4) is 0 Å². The van der Waals surface area contributed by atoms with Crippen molar-refractivity contribution in [1.82, 2.24) is 10.6 Å². The van der Waals surface area contributed by atoms with Crippen LogP contribution in [0.1, 0.15) is 5.56 Å². The lowest BCUT2D eigenvalue weighted by Crippen LogP contribution is -2.33. The molecule has 1 heterocycles. The monoisotopic (exact) mass is 225 g/mol. The van der Waals surface area contributed by atoms with Crippen molar-refractivity contribution in [3.63, 3.8) is 0 Å². The molecule has 0 saturated heterocycles. The average molecular weight is 225 g/mol. The highest BCUT2D eigenvalue weighted by molar-refractivity contribution is 5.86. The first-order chi connectivity index (χ1) is 8.43. The van der Waals surface area contributed by atoms with Crippen LogP contribution >= 0.6 is 0 Å². The van der Waals surface area contributed by atoms with Crippen molar-refractivity contribution in [2.24, 2.45) is 4.99 Å². The van der Waals surface area contributed by atoms with Gasteiger partial charge in [-0.05, 0) is 16.3 Å². The van der Waals surface area contributed by atoms with E-state index in [1.54, 1.807) is 0 Å². The second kappa shape index (κ2) is 4.45. The van der Waals surface area contributed by atoms with E-state index in [4.69, 9.17) is 0 Å². The van der Waals surface area contributed by atoms with E-state index in [0.717, 1.165) is 25.6 Å². The largest absolute Gasteiger partial charge is 0.355 e. The van der Waals surface area contributed by atoms with Gasteiger partial charge < -0.3 is 10.6 Å². The van der Waals surface area contributed by atoms with Crippen molar-refractivity contribution in [2.75, 3.05) is 13.1 Å². The first-order valence-electron chi connectivity index (χ1n) is 5.92. The Labute approximate surface area is 101 Å². The highest BCUT2D eigenvalue weighted by Crippen LogP contribution is 2.18. The molecule has 0 saturated carbocycles. The third-order valence-electron chi connectivity index (χ3n) is 3.00. The standard InChI is InChI=1S/C14H15N3/c1-2-7-13-11(4-1)5-3-6-12(13)10-17-14-15-8-9-16-14/h1-7H,8-10H2,(H2,15,16,17). The predicted octanol–water partition coefficient (Wildman–Crippen LogP) is 1.89. The molecule has 0 fully saturated rings. The van der Waals surface area contributed by atoms with Gasteiger partial charge in [0, 0.05) is 13.1 Å². The summed E-state index contributed by atoms with van der Waals surface area (Å²) >= 11 is 0. The number of fused-ring (bicyclic) bond motifs is 1. The molecule has 1 aliphatic heterocycles. The number of benzene rings is 2. The number of nitrogens with one attached hydrogen (secondary N) is 2. The quantitative estimate of drug-likeness (QED) is 0.819. The minimum absolute atomic E-state index is 0.813. The minimum Gasteiger partial charge on any atom is -0.355 e. The van der Waals surface area contributed by atoms with Crippen molar-refractivity contribution >= 4 is 16.7 Å². The van der Waals surface area contributed by atoms with Crippen molar-refractivity contribution in [3.8, 4) is 0 Å². The smallest absolute Gasteiger partial charge is 0.191 e. The molecule has 0 spiro atoms. The first-order valence-corrected chi connectivity index (χ1v) is 5.92. The molecule has 3 rings (SSSR count). The number of hydrogen-bond donors (Lipinski definition) is 2. The van der Waals surface area contributed by atoms with Gasteiger partial charge in [-0.25, -0.2) is 0 Å². The van der Waals surface area contributed by atoms with E-state index < -0.39 is 0 Å². The zero-order valence-electron chi connectivity index (χ0n) is 9.61. The molecule has 0 atom stereocenters. The molecule has 17 heavy (non-hydrogen) atoms. The fraction of sp³-hybridized carbons (Fsp3) is 0.214. The zero-order valence-corrected chi connectivity index (χ0v) is 9.61. The van der Waals surface area contributed by atoms with Gasteiger partial charge in [-0.2, -0.15) is 0 Å². The summed E-state index contributed by atoms with van der Waals surface area (Å²) in [6.07, 6.45) is 0. The molecule has 0 radical (unpaired) electrons. The normalized spacial score (nSPS) is 14.5. The number of hydrogen-bond acceptors (Lipinski definition) is 3. The number of rotatable bonds is 2. The van der Waals surface area contributed by atoms with Crippen molar-refractivity contribution in [1.29, 1.82) is 0 Å². The van der Waals surface area contributed by atoms with Gasteiger partial charge in [-0.15, -0.1) is 0 Å². The lowest BCUT2D eigenvalue weighted by molar-refractivity contribution is 0.872. The fourth-order valence-corrected chi connectivity index (χ4v) is 2.14. The summed E-state index contributed by atoms with van der Waals surface area (Å²) in [7, 11) is 0. The molecule has 2 aromatic rings. The zero-order chi connectivity index (χ0) is 11.5. The van der Waals surface area contributed by atoms with Gasteiger partial charge in [-0.3, -0.25) is 4.99 Å². The molecule has 3 nitrogen and oxygen atoms in total. The maximum Gasteiger partial charge on any atom is 0.191 e. The molecule has 2 N–H and O–H groups in total. The van der Waals surface area contributed by atoms with E-state index in [2.05, 4.69) is 58.1 Å². The average Bonchev–Trinajstić information content (AvgIpc) is 2.89. The topological polar surface area (TPSA) is 36.4 Å². The summed E-state index contributed by atoms with van der Waals surface area (Å²) in [5, 5.41) is 9.13. The molecular weight excluding hydrogens is 210 g/mol. The van der Waals surface area contributed by atoms with Crippen LogP contribution in [-0.4, -0.2) is 19.0 Å². The van der Waals surface area contributed by atoms with Crippen molar-refractivity contribution < 1.29 is 0 Å². The molecule has 0 unspecified atom stereocenters. The second-order valence-corrected chi connectivity index (χ2v) is 4.15. The SMILES string of the molecule is c1ccc2c(CNC3=NCCN3)cccc2c1. The lowest BCUT2D eigenvalue weighted by atomic mass is 10.0. The molecule has 1 aliphatic rings. The maximum absolute atomic E-state index is 4.33. The van der Waals surface area contributed by atoms with E-state index in [1.807, 2.05) is 0 Å². The van der Waals surface area contributed by atoms with E-state index in [0.29, 0.717) is 0 Å². The van der Waals surface area contributed by atoms with Gasteiger partial charge in [0.05, 0.1) is 6.54 Å². The Morgan fingerprint density at radius 1 is 1.12 bits per heavy atom. The third kappa shape index (κ3) is 2.09. The highest BCUT2D eigenvalue weighted by atomic mass is 15.2. The summed E-state index contributed by atoms with van der Waals surface area (Å²) < 4.78 is 0. The van der Waals surface area contributed by atoms with E-state index >= 15 is 0 Å². The highest BCUT2D eigenvalue weighted by Gasteiger charge is 2.05. The number of nitrogens with zero attached hydrogens (tertiary/aromatic N) is 1. The second-order valence-electron chi connectivity index (χ2n) is 4.15. The van der Waals surface area contributed by atoms with Gasteiger partial charge in [0.1, 0.15) is 0 Å². The van der Waals surface area contributed by atoms with E-state index in [9.17, 15) is 0 Å². The van der Waals surface area contributed by atoms with Crippen LogP contribution in [0.5, 0.6) is 0 Å². The fourth-order valence-electron chi connectivity index (χ4n) is 2.14. The van der Waals surface area contributed by atoms with Crippen LogP contribution in [0.15, 0.2) is 47.5 Å². The molecule has 86 valence electrons. The molecule has 2 aromatic carbocycles. The molecular formula is C14H15N3.